The van der Waals surface area contributed by atoms with Gasteiger partial charge in [0, 0.05) is 38.8 Å². The van der Waals surface area contributed by atoms with E-state index in [2.05, 4.69) is 26.2 Å². The number of nitrogens with two attached hydrogens (primary N) is 1. The number of amides is 1. The minimum Gasteiger partial charge on any atom is -0.383 e. The highest BCUT2D eigenvalue weighted by molar-refractivity contribution is 7.92. The number of benzene rings is 2. The van der Waals surface area contributed by atoms with Gasteiger partial charge < -0.3 is 15.6 Å². The van der Waals surface area contributed by atoms with E-state index in [1.165, 1.54) is 42.7 Å². The van der Waals surface area contributed by atoms with Crippen molar-refractivity contribution >= 4 is 38.4 Å². The molecule has 0 saturated heterocycles. The van der Waals surface area contributed by atoms with Crippen molar-refractivity contribution in [1.82, 2.24) is 24.2 Å². The van der Waals surface area contributed by atoms with Crippen LogP contribution in [0.2, 0.25) is 0 Å². The molecule has 4 rings (SSSR count). The fourth-order valence-electron chi connectivity index (χ4n) is 4.17. The van der Waals surface area contributed by atoms with Gasteiger partial charge in [-0.1, -0.05) is 24.8 Å². The molecule has 2 aromatic heterocycles. The Kier molecular flexibility index (Phi) is 7.67. The van der Waals surface area contributed by atoms with Gasteiger partial charge >= 0.3 is 5.51 Å². The summed E-state index contributed by atoms with van der Waals surface area (Å²) in [6.45, 7) is 3.52. The number of carbonyl (C=O) groups excluding carboxylic acids is 1. The monoisotopic (exact) mass is 575 g/mol. The molecule has 9 nitrogen and oxygen atoms in total. The third-order valence-corrected chi connectivity index (χ3v) is 8.17. The van der Waals surface area contributed by atoms with Crippen LogP contribution in [0.25, 0.3) is 33.4 Å². The lowest BCUT2D eigenvalue weighted by Crippen LogP contribution is -2.35. The molecule has 1 amide bonds. The largest absolute Gasteiger partial charge is 0.493 e. The number of nitrogen functional groups attached to an aromatic ring is 1. The molecule has 4 aromatic rings. The van der Waals surface area contributed by atoms with E-state index in [0.717, 1.165) is 20.2 Å². The first kappa shape index (κ1) is 28.7. The highest BCUT2D eigenvalue weighted by Crippen LogP contribution is 2.43. The van der Waals surface area contributed by atoms with Crippen molar-refractivity contribution in [3.63, 3.8) is 0 Å². The van der Waals surface area contributed by atoms with Gasteiger partial charge in [0.05, 0.1) is 16.8 Å². The molecule has 1 atom stereocenters. The Morgan fingerprint density at radius 2 is 1.88 bits per heavy atom. The Bertz CT molecular complexity index is 1740. The Morgan fingerprint density at radius 1 is 1.20 bits per heavy atom. The molecule has 0 spiro atoms. The van der Waals surface area contributed by atoms with Gasteiger partial charge in [-0.2, -0.15) is 17.5 Å². The van der Waals surface area contributed by atoms with E-state index in [9.17, 15) is 22.2 Å². The van der Waals surface area contributed by atoms with Gasteiger partial charge in [-0.25, -0.2) is 22.9 Å². The number of rotatable bonds is 7. The molecule has 14 heteroatoms. The summed E-state index contributed by atoms with van der Waals surface area (Å²) in [6.07, 6.45) is 2.38. The lowest BCUT2D eigenvalue weighted by atomic mass is 9.97. The molecule has 2 aromatic carbocycles. The second-order valence-corrected chi connectivity index (χ2v) is 11.2. The third-order valence-electron chi connectivity index (χ3n) is 6.12. The number of alkyl halides is 3. The Balaban J connectivity index is 1.93. The Hall–Kier alpha value is -4.30. The van der Waals surface area contributed by atoms with Crippen molar-refractivity contribution in [1.29, 1.82) is 0 Å². The molecule has 0 fully saturated rings. The molecule has 0 aliphatic rings. The van der Waals surface area contributed by atoms with E-state index in [1.54, 1.807) is 17.7 Å². The molecule has 3 N–H and O–H groups in total. The predicted octanol–water partition coefficient (Wildman–Crippen LogP) is 4.92. The Labute approximate surface area is 227 Å². The molecule has 0 saturated carbocycles. The van der Waals surface area contributed by atoms with E-state index >= 15 is 4.39 Å². The first-order chi connectivity index (χ1) is 18.8. The number of aryl methyl sites for hydroxylation is 1. The van der Waals surface area contributed by atoms with Crippen LogP contribution < -0.4 is 11.1 Å². The van der Waals surface area contributed by atoms with E-state index < -0.39 is 27.1 Å². The van der Waals surface area contributed by atoms with Crippen molar-refractivity contribution in [3.05, 3.63) is 72.8 Å². The average molecular weight is 576 g/mol. The normalized spacial score (nSPS) is 13.3. The zero-order chi connectivity index (χ0) is 29.4. The molecular formula is C26H25F4N7O2S. The summed E-state index contributed by atoms with van der Waals surface area (Å²) < 4.78 is 74.2. The van der Waals surface area contributed by atoms with E-state index in [0.29, 0.717) is 37.7 Å². The molecule has 0 radical (unpaired) electrons. The number of nitrogens with zero attached hydrogens (tertiary/aromatic N) is 5. The predicted molar refractivity (Wildman–Crippen MR) is 146 cm³/mol. The van der Waals surface area contributed by atoms with Gasteiger partial charge in [-0.3, -0.25) is 4.79 Å². The second-order valence-electron chi connectivity index (χ2n) is 8.87. The van der Waals surface area contributed by atoms with Crippen LogP contribution in [0.15, 0.2) is 65.8 Å². The lowest BCUT2D eigenvalue weighted by Gasteiger charge is -2.19. The Morgan fingerprint density at radius 3 is 2.48 bits per heavy atom. The zero-order valence-corrected chi connectivity index (χ0v) is 22.5. The van der Waals surface area contributed by atoms with Gasteiger partial charge in [0.15, 0.2) is 0 Å². The van der Waals surface area contributed by atoms with Crippen LogP contribution in [0, 0.1) is 5.82 Å². The fourth-order valence-corrected chi connectivity index (χ4v) is 5.26. The van der Waals surface area contributed by atoms with Gasteiger partial charge in [-0.15, -0.1) is 0 Å². The van der Waals surface area contributed by atoms with E-state index in [4.69, 9.17) is 5.73 Å². The van der Waals surface area contributed by atoms with Crippen LogP contribution in [-0.4, -0.2) is 48.6 Å². The van der Waals surface area contributed by atoms with Gasteiger partial charge in [0.2, 0.25) is 15.8 Å². The van der Waals surface area contributed by atoms with Crippen LogP contribution in [0.5, 0.6) is 0 Å². The average Bonchev–Trinajstić information content (AvgIpc) is 3.20. The van der Waals surface area contributed by atoms with Crippen molar-refractivity contribution in [2.24, 2.45) is 11.4 Å². The van der Waals surface area contributed by atoms with Crippen LogP contribution in [0.3, 0.4) is 0 Å². The summed E-state index contributed by atoms with van der Waals surface area (Å²) in [5.74, 6) is -0.855. The van der Waals surface area contributed by atoms with E-state index in [1.807, 2.05) is 0 Å². The molecule has 40 heavy (non-hydrogen) atoms. The van der Waals surface area contributed by atoms with Crippen LogP contribution >= 0.6 is 0 Å². The summed E-state index contributed by atoms with van der Waals surface area (Å²) in [6, 6.07) is 9.87. The molecule has 0 bridgehead atoms. The van der Waals surface area contributed by atoms with Crippen molar-refractivity contribution in [2.45, 2.75) is 12.1 Å². The number of anilines is 1. The molecule has 1 unspecified atom stereocenters. The first-order valence-electron chi connectivity index (χ1n) is 11.7. The van der Waals surface area contributed by atoms with Gasteiger partial charge in [0.1, 0.15) is 23.6 Å². The fraction of sp³-hybridized carbons (Fsp3) is 0.192. The number of nitrogens with one attached hydrogen (secondary N) is 1. The summed E-state index contributed by atoms with van der Waals surface area (Å²) >= 11 is 0. The lowest BCUT2D eigenvalue weighted by molar-refractivity contribution is -0.116. The minimum atomic E-state index is -5.09. The topological polar surface area (TPSA) is 118 Å². The maximum absolute atomic E-state index is 15.3. The summed E-state index contributed by atoms with van der Waals surface area (Å²) in [4.78, 5) is 20.0. The van der Waals surface area contributed by atoms with Crippen molar-refractivity contribution in [2.75, 3.05) is 19.8 Å². The highest BCUT2D eigenvalue weighted by Gasteiger charge is 2.45. The third kappa shape index (κ3) is 5.14. The molecular weight excluding hydrogens is 550 g/mol. The van der Waals surface area contributed by atoms with Crippen molar-refractivity contribution < 1.29 is 26.6 Å². The molecule has 2 heterocycles. The maximum Gasteiger partial charge on any atom is 0.493 e. The molecule has 210 valence electrons. The minimum absolute atomic E-state index is 0.109. The van der Waals surface area contributed by atoms with Crippen LogP contribution in [0.4, 0.5) is 29.1 Å². The van der Waals surface area contributed by atoms with Crippen LogP contribution in [0.1, 0.15) is 5.56 Å². The number of hydrogen-bond donors (Lipinski definition) is 2. The maximum atomic E-state index is 15.3. The smallest absolute Gasteiger partial charge is 0.383 e. The number of aromatic nitrogens is 3. The van der Waals surface area contributed by atoms with Gasteiger partial charge in [-0.05, 0) is 41.5 Å². The number of hydrogen-bond acceptors (Lipinski definition) is 6. The molecule has 0 aliphatic carbocycles. The van der Waals surface area contributed by atoms with E-state index in [-0.39, 0.29) is 23.6 Å². The zero-order valence-electron chi connectivity index (χ0n) is 21.7. The van der Waals surface area contributed by atoms with Gasteiger partial charge in [0.25, 0.3) is 0 Å². The first-order valence-corrected chi connectivity index (χ1v) is 13.1. The number of carbonyl (C=O) groups is 1. The molecule has 0 aliphatic heterocycles. The quantitative estimate of drug-likeness (QED) is 0.240. The number of halogens is 4. The SMILES string of the molecule is C=CC(=O)NCc1ccc(F)c(-c2c(-c3ccc(N=S(=O)(N(C)C)C(F)(F)F)cc3)c3c(N)ncnc3n2C)c1. The highest BCUT2D eigenvalue weighted by atomic mass is 32.2. The second kappa shape index (κ2) is 10.7. The summed E-state index contributed by atoms with van der Waals surface area (Å²) in [7, 11) is -1.01. The number of fused-ring (bicyclic) bond motifs is 1. The van der Waals surface area contributed by atoms with Crippen LogP contribution in [-0.2, 0) is 28.3 Å². The van der Waals surface area contributed by atoms with Crippen molar-refractivity contribution in [3.8, 4) is 22.4 Å². The summed E-state index contributed by atoms with van der Waals surface area (Å²) in [5, 5.41) is 3.05. The summed E-state index contributed by atoms with van der Waals surface area (Å²) in [5.41, 5.74) is 3.37. The standard InChI is InChI=1S/C26H25F4N7O2S/c1-5-20(38)32-13-15-6-11-19(27)18(12-15)23-21(22-24(31)33-14-34-25(22)37(23)4)16-7-9-17(10-8-16)35-40(39,36(2)3)26(28,29)30/h5-12,14H,1,13H2,2-4H3,(H,32,38)(H2,31,33,34).